The second-order valence-electron chi connectivity index (χ2n) is 6.20. The number of ketones is 1. The first-order valence-corrected chi connectivity index (χ1v) is 9.52. The molecule has 0 aliphatic carbocycles. The number of carbonyl (C=O) groups is 2. The van der Waals surface area contributed by atoms with E-state index in [1.165, 1.54) is 11.3 Å². The summed E-state index contributed by atoms with van der Waals surface area (Å²) in [6.45, 7) is 1.17. The summed E-state index contributed by atoms with van der Waals surface area (Å²) in [6, 6.07) is 7.07. The van der Waals surface area contributed by atoms with Crippen LogP contribution < -0.4 is 11.1 Å². The Morgan fingerprint density at radius 2 is 2.20 bits per heavy atom. The van der Waals surface area contributed by atoms with Gasteiger partial charge in [0.25, 0.3) is 0 Å². The van der Waals surface area contributed by atoms with Gasteiger partial charge >= 0.3 is 0 Å². The first-order chi connectivity index (χ1) is 12.2. The van der Waals surface area contributed by atoms with Crippen molar-refractivity contribution in [3.8, 4) is 0 Å². The quantitative estimate of drug-likeness (QED) is 0.556. The zero-order valence-electron chi connectivity index (χ0n) is 14.1. The highest BCUT2D eigenvalue weighted by atomic mass is 32.1. The molecule has 3 rings (SSSR count). The van der Waals surface area contributed by atoms with Gasteiger partial charge in [0, 0.05) is 6.61 Å². The van der Waals surface area contributed by atoms with Crippen molar-refractivity contribution in [2.75, 3.05) is 13.2 Å². The minimum Gasteiger partial charge on any atom is -0.368 e. The van der Waals surface area contributed by atoms with E-state index in [4.69, 9.17) is 10.5 Å². The number of thiazole rings is 1. The average Bonchev–Trinajstić information content (AvgIpc) is 3.29. The van der Waals surface area contributed by atoms with Gasteiger partial charge in [-0.2, -0.15) is 0 Å². The number of aromatic nitrogens is 1. The average molecular weight is 361 g/mol. The van der Waals surface area contributed by atoms with Crippen molar-refractivity contribution < 1.29 is 14.3 Å². The van der Waals surface area contributed by atoms with Crippen LogP contribution in [0.1, 0.15) is 41.9 Å². The van der Waals surface area contributed by atoms with Crippen LogP contribution in [0.2, 0.25) is 0 Å². The minimum atomic E-state index is -0.580. The van der Waals surface area contributed by atoms with Crippen molar-refractivity contribution in [3.63, 3.8) is 0 Å². The van der Waals surface area contributed by atoms with Gasteiger partial charge in [0.1, 0.15) is 6.10 Å². The third-order valence-corrected chi connectivity index (χ3v) is 5.36. The number of Topliss-reactive ketones (excluding diaryl/α,β-unsaturated/α-hetero) is 1. The molecule has 1 aromatic heterocycles. The van der Waals surface area contributed by atoms with Crippen LogP contribution in [0.4, 0.5) is 0 Å². The first kappa shape index (κ1) is 18.0. The number of nitrogens with zero attached hydrogens (tertiary/aromatic N) is 1. The van der Waals surface area contributed by atoms with Crippen LogP contribution in [0.15, 0.2) is 24.3 Å². The maximum Gasteiger partial charge on any atom is 0.249 e. The summed E-state index contributed by atoms with van der Waals surface area (Å²) in [6.07, 6.45) is 3.30. The Labute approximate surface area is 150 Å². The summed E-state index contributed by atoms with van der Waals surface area (Å²) in [5, 5.41) is 3.31. The molecule has 25 heavy (non-hydrogen) atoms. The van der Waals surface area contributed by atoms with E-state index in [0.717, 1.165) is 29.5 Å². The largest absolute Gasteiger partial charge is 0.368 e. The van der Waals surface area contributed by atoms with Crippen molar-refractivity contribution in [2.45, 2.75) is 44.2 Å². The molecule has 1 saturated heterocycles. The SMILES string of the molecule is NCCCC[C@H](NC(=O)[C@@H]1CCCO1)C(=O)c1nc2ccccc2s1. The van der Waals surface area contributed by atoms with Crippen molar-refractivity contribution >= 4 is 33.2 Å². The summed E-state index contributed by atoms with van der Waals surface area (Å²) >= 11 is 1.36. The fraction of sp³-hybridized carbons (Fsp3) is 0.500. The van der Waals surface area contributed by atoms with Crippen LogP contribution in [0.3, 0.4) is 0 Å². The monoisotopic (exact) mass is 361 g/mol. The number of hydrogen-bond acceptors (Lipinski definition) is 6. The van der Waals surface area contributed by atoms with Gasteiger partial charge in [-0.3, -0.25) is 9.59 Å². The van der Waals surface area contributed by atoms with Gasteiger partial charge in [0.15, 0.2) is 5.01 Å². The molecule has 2 aromatic rings. The number of ether oxygens (including phenoxy) is 1. The number of benzene rings is 1. The predicted molar refractivity (Wildman–Crippen MR) is 97.8 cm³/mol. The Morgan fingerprint density at radius 3 is 2.92 bits per heavy atom. The number of carbonyl (C=O) groups excluding carboxylic acids is 2. The summed E-state index contributed by atoms with van der Waals surface area (Å²) in [5.74, 6) is -0.339. The Hall–Kier alpha value is -1.83. The highest BCUT2D eigenvalue weighted by Crippen LogP contribution is 2.23. The number of fused-ring (bicyclic) bond motifs is 1. The minimum absolute atomic E-state index is 0.135. The number of rotatable bonds is 8. The fourth-order valence-electron chi connectivity index (χ4n) is 2.94. The Kier molecular flexibility index (Phi) is 6.12. The fourth-order valence-corrected chi connectivity index (χ4v) is 3.90. The summed E-state index contributed by atoms with van der Waals surface area (Å²) in [4.78, 5) is 29.7. The second kappa shape index (κ2) is 8.51. The number of para-hydroxylation sites is 1. The van der Waals surface area contributed by atoms with E-state index >= 15 is 0 Å². The van der Waals surface area contributed by atoms with Gasteiger partial charge in [-0.15, -0.1) is 11.3 Å². The molecule has 1 aromatic carbocycles. The van der Waals surface area contributed by atoms with Gasteiger partial charge in [-0.25, -0.2) is 4.98 Å². The molecule has 2 heterocycles. The van der Waals surface area contributed by atoms with Gasteiger partial charge < -0.3 is 15.8 Å². The Balaban J connectivity index is 1.74. The molecule has 0 radical (unpaired) electrons. The van der Waals surface area contributed by atoms with Crippen LogP contribution in [0.25, 0.3) is 10.2 Å². The van der Waals surface area contributed by atoms with Crippen LogP contribution in [0, 0.1) is 0 Å². The van der Waals surface area contributed by atoms with E-state index in [-0.39, 0.29) is 11.7 Å². The standard InChI is InChI=1S/C18H23N3O3S/c19-10-4-3-7-13(20-17(23)14-8-5-11-24-14)16(22)18-21-12-6-1-2-9-15(12)25-18/h1-2,6,9,13-14H,3-5,7-8,10-11,19H2,(H,20,23)/t13-,14-/m0/s1. The Morgan fingerprint density at radius 1 is 1.36 bits per heavy atom. The van der Waals surface area contributed by atoms with Crippen molar-refractivity contribution in [1.82, 2.24) is 10.3 Å². The first-order valence-electron chi connectivity index (χ1n) is 8.71. The molecule has 6 nitrogen and oxygen atoms in total. The van der Waals surface area contributed by atoms with Crippen molar-refractivity contribution in [2.24, 2.45) is 5.73 Å². The van der Waals surface area contributed by atoms with E-state index in [1.807, 2.05) is 24.3 Å². The van der Waals surface area contributed by atoms with Crippen molar-refractivity contribution in [1.29, 1.82) is 0 Å². The maximum atomic E-state index is 12.9. The van der Waals surface area contributed by atoms with E-state index < -0.39 is 12.1 Å². The van der Waals surface area contributed by atoms with E-state index in [2.05, 4.69) is 10.3 Å². The summed E-state index contributed by atoms with van der Waals surface area (Å²) < 4.78 is 6.39. The zero-order chi connectivity index (χ0) is 17.6. The molecule has 0 bridgehead atoms. The smallest absolute Gasteiger partial charge is 0.249 e. The van der Waals surface area contributed by atoms with Gasteiger partial charge in [0.2, 0.25) is 11.7 Å². The third-order valence-electron chi connectivity index (χ3n) is 4.31. The van der Waals surface area contributed by atoms with E-state index in [9.17, 15) is 9.59 Å². The lowest BCUT2D eigenvalue weighted by Crippen LogP contribution is -2.45. The van der Waals surface area contributed by atoms with E-state index in [0.29, 0.717) is 31.0 Å². The topological polar surface area (TPSA) is 94.3 Å². The van der Waals surface area contributed by atoms with Gasteiger partial charge in [0.05, 0.1) is 16.3 Å². The van der Waals surface area contributed by atoms with Crippen LogP contribution in [-0.2, 0) is 9.53 Å². The molecule has 0 spiro atoms. The number of unbranched alkanes of at least 4 members (excludes halogenated alkanes) is 1. The summed E-state index contributed by atoms with van der Waals surface area (Å²) in [7, 11) is 0. The number of nitrogens with one attached hydrogen (secondary N) is 1. The molecule has 2 atom stereocenters. The molecule has 0 unspecified atom stereocenters. The second-order valence-corrected chi connectivity index (χ2v) is 7.23. The molecule has 1 amide bonds. The highest BCUT2D eigenvalue weighted by Gasteiger charge is 2.29. The highest BCUT2D eigenvalue weighted by molar-refractivity contribution is 7.20. The van der Waals surface area contributed by atoms with Crippen LogP contribution >= 0.6 is 11.3 Å². The molecule has 134 valence electrons. The summed E-state index contributed by atoms with van der Waals surface area (Å²) in [5.41, 5.74) is 6.36. The molecule has 1 aliphatic heterocycles. The van der Waals surface area contributed by atoms with Crippen LogP contribution in [-0.4, -0.2) is 42.0 Å². The Bertz CT molecular complexity index is 707. The third kappa shape index (κ3) is 4.42. The normalized spacial score (nSPS) is 18.4. The van der Waals surface area contributed by atoms with Gasteiger partial charge in [-0.1, -0.05) is 12.1 Å². The lowest BCUT2D eigenvalue weighted by atomic mass is 10.0. The molecular formula is C18H23N3O3S. The van der Waals surface area contributed by atoms with Gasteiger partial charge in [-0.05, 0) is 50.8 Å². The maximum absolute atomic E-state index is 12.9. The number of hydrogen-bond donors (Lipinski definition) is 2. The predicted octanol–water partition coefficient (Wildman–Crippen LogP) is 2.27. The molecule has 0 saturated carbocycles. The molecule has 7 heteroatoms. The van der Waals surface area contributed by atoms with Crippen molar-refractivity contribution in [3.05, 3.63) is 29.3 Å². The van der Waals surface area contributed by atoms with Crippen LogP contribution in [0.5, 0.6) is 0 Å². The lowest BCUT2D eigenvalue weighted by Gasteiger charge is -2.18. The lowest BCUT2D eigenvalue weighted by molar-refractivity contribution is -0.130. The molecule has 3 N–H and O–H groups in total. The zero-order valence-corrected chi connectivity index (χ0v) is 14.9. The molecular weight excluding hydrogens is 338 g/mol. The number of amides is 1. The van der Waals surface area contributed by atoms with E-state index in [1.54, 1.807) is 0 Å². The molecule has 1 aliphatic rings. The number of nitrogens with two attached hydrogens (primary N) is 1. The molecule has 1 fully saturated rings.